The number of aliphatic hydroxyl groups is 1. The molecule has 14 heavy (non-hydrogen) atoms. The smallest absolute Gasteiger partial charge is 0.332 e. The lowest BCUT2D eigenvalue weighted by molar-refractivity contribution is -0.145. The van der Waals surface area contributed by atoms with E-state index in [-0.39, 0.29) is 6.61 Å². The zero-order valence-corrected chi connectivity index (χ0v) is 7.72. The summed E-state index contributed by atoms with van der Waals surface area (Å²) in [5, 5.41) is 8.35. The lowest BCUT2D eigenvalue weighted by Gasteiger charge is -1.96. The molecule has 0 saturated carbocycles. The number of hydrogen-bond donors (Lipinski definition) is 1. The van der Waals surface area contributed by atoms with Crippen molar-refractivity contribution in [2.75, 3.05) is 13.2 Å². The van der Waals surface area contributed by atoms with Crippen molar-refractivity contribution in [2.45, 2.75) is 0 Å². The molecule has 0 unspecified atom stereocenters. The minimum atomic E-state index is -0.609. The molecule has 0 atom stereocenters. The summed E-state index contributed by atoms with van der Waals surface area (Å²) in [7, 11) is 0. The van der Waals surface area contributed by atoms with E-state index >= 15 is 0 Å². The SMILES string of the molecule is O=C(CO)OC/C=C/c1ccccc1. The Labute approximate surface area is 82.6 Å². The fourth-order valence-corrected chi connectivity index (χ4v) is 0.935. The summed E-state index contributed by atoms with van der Waals surface area (Å²) in [5.74, 6) is -0.609. The van der Waals surface area contributed by atoms with Crippen LogP contribution in [-0.4, -0.2) is 24.3 Å². The van der Waals surface area contributed by atoms with E-state index in [9.17, 15) is 4.79 Å². The Morgan fingerprint density at radius 3 is 2.71 bits per heavy atom. The van der Waals surface area contributed by atoms with E-state index in [1.807, 2.05) is 36.4 Å². The van der Waals surface area contributed by atoms with E-state index < -0.39 is 12.6 Å². The summed E-state index contributed by atoms with van der Waals surface area (Å²) in [6, 6.07) is 9.69. The predicted molar refractivity (Wildman–Crippen MR) is 53.5 cm³/mol. The normalized spacial score (nSPS) is 10.4. The molecule has 0 amide bonds. The second kappa shape index (κ2) is 5.94. The number of carbonyl (C=O) groups excluding carboxylic acids is 1. The van der Waals surface area contributed by atoms with E-state index in [4.69, 9.17) is 5.11 Å². The zero-order valence-electron chi connectivity index (χ0n) is 7.72. The third-order valence-electron chi connectivity index (χ3n) is 1.58. The Balaban J connectivity index is 2.31. The number of rotatable bonds is 4. The van der Waals surface area contributed by atoms with Crippen LogP contribution in [-0.2, 0) is 9.53 Å². The Morgan fingerprint density at radius 2 is 2.07 bits per heavy atom. The summed E-state index contributed by atoms with van der Waals surface area (Å²) < 4.78 is 4.64. The fourth-order valence-electron chi connectivity index (χ4n) is 0.935. The first-order valence-electron chi connectivity index (χ1n) is 4.31. The molecule has 74 valence electrons. The van der Waals surface area contributed by atoms with Gasteiger partial charge in [0.2, 0.25) is 0 Å². The number of benzene rings is 1. The van der Waals surface area contributed by atoms with Gasteiger partial charge in [0.25, 0.3) is 0 Å². The van der Waals surface area contributed by atoms with Crippen molar-refractivity contribution in [3.63, 3.8) is 0 Å². The van der Waals surface area contributed by atoms with Crippen molar-refractivity contribution in [1.82, 2.24) is 0 Å². The second-order valence-corrected chi connectivity index (χ2v) is 2.65. The molecule has 0 aliphatic rings. The van der Waals surface area contributed by atoms with Crippen LogP contribution in [0.5, 0.6) is 0 Å². The van der Waals surface area contributed by atoms with Crippen LogP contribution >= 0.6 is 0 Å². The highest BCUT2D eigenvalue weighted by Crippen LogP contribution is 2.00. The first-order chi connectivity index (χ1) is 6.83. The van der Waals surface area contributed by atoms with Gasteiger partial charge in [0.05, 0.1) is 0 Å². The van der Waals surface area contributed by atoms with Gasteiger partial charge in [0, 0.05) is 0 Å². The van der Waals surface area contributed by atoms with Crippen molar-refractivity contribution in [3.8, 4) is 0 Å². The standard InChI is InChI=1S/C11H12O3/c12-9-11(13)14-8-4-7-10-5-2-1-3-6-10/h1-7,12H,8-9H2/b7-4+. The largest absolute Gasteiger partial charge is 0.460 e. The van der Waals surface area contributed by atoms with Gasteiger partial charge in [-0.25, -0.2) is 4.79 Å². The molecule has 0 aromatic heterocycles. The molecule has 1 rings (SSSR count). The maximum absolute atomic E-state index is 10.5. The molecule has 0 radical (unpaired) electrons. The molecule has 0 saturated heterocycles. The maximum atomic E-state index is 10.5. The van der Waals surface area contributed by atoms with Crippen molar-refractivity contribution in [2.24, 2.45) is 0 Å². The third kappa shape index (κ3) is 3.87. The van der Waals surface area contributed by atoms with E-state index in [1.54, 1.807) is 6.08 Å². The molecule has 3 heteroatoms. The minimum absolute atomic E-state index is 0.189. The molecule has 0 aliphatic heterocycles. The number of hydrogen-bond acceptors (Lipinski definition) is 3. The van der Waals surface area contributed by atoms with Crippen LogP contribution in [0.2, 0.25) is 0 Å². The lowest BCUT2D eigenvalue weighted by Crippen LogP contribution is -2.08. The summed E-state index contributed by atoms with van der Waals surface area (Å²) in [6.45, 7) is -0.381. The topological polar surface area (TPSA) is 46.5 Å². The third-order valence-corrected chi connectivity index (χ3v) is 1.58. The van der Waals surface area contributed by atoms with Crippen molar-refractivity contribution in [3.05, 3.63) is 42.0 Å². The van der Waals surface area contributed by atoms with Gasteiger partial charge in [-0.15, -0.1) is 0 Å². The van der Waals surface area contributed by atoms with Gasteiger partial charge in [-0.3, -0.25) is 0 Å². The van der Waals surface area contributed by atoms with Crippen molar-refractivity contribution >= 4 is 12.0 Å². The number of aliphatic hydroxyl groups excluding tert-OH is 1. The highest BCUT2D eigenvalue weighted by Gasteiger charge is 1.94. The van der Waals surface area contributed by atoms with E-state index in [2.05, 4.69) is 4.74 Å². The van der Waals surface area contributed by atoms with Crippen LogP contribution in [0.3, 0.4) is 0 Å². The Kier molecular flexibility index (Phi) is 4.44. The quantitative estimate of drug-likeness (QED) is 0.730. The highest BCUT2D eigenvalue weighted by molar-refractivity contribution is 5.70. The molecule has 0 heterocycles. The zero-order chi connectivity index (χ0) is 10.2. The first-order valence-corrected chi connectivity index (χ1v) is 4.31. The Morgan fingerprint density at radius 1 is 1.36 bits per heavy atom. The molecule has 1 aromatic rings. The van der Waals surface area contributed by atoms with Gasteiger partial charge in [-0.1, -0.05) is 36.4 Å². The summed E-state index contributed by atoms with van der Waals surface area (Å²) in [6.07, 6.45) is 3.58. The van der Waals surface area contributed by atoms with Gasteiger partial charge in [-0.05, 0) is 11.6 Å². The Hall–Kier alpha value is -1.61. The highest BCUT2D eigenvalue weighted by atomic mass is 16.5. The van der Waals surface area contributed by atoms with Crippen LogP contribution in [0.15, 0.2) is 36.4 Å². The molecule has 3 nitrogen and oxygen atoms in total. The van der Waals surface area contributed by atoms with Gasteiger partial charge >= 0.3 is 5.97 Å². The summed E-state index contributed by atoms with van der Waals surface area (Å²) >= 11 is 0. The van der Waals surface area contributed by atoms with Gasteiger partial charge in [0.1, 0.15) is 13.2 Å². The molecular weight excluding hydrogens is 180 g/mol. The lowest BCUT2D eigenvalue weighted by atomic mass is 10.2. The number of ether oxygens (including phenoxy) is 1. The monoisotopic (exact) mass is 192 g/mol. The Bertz CT molecular complexity index is 304. The predicted octanol–water partition coefficient (Wildman–Crippen LogP) is 1.24. The van der Waals surface area contributed by atoms with Gasteiger partial charge < -0.3 is 9.84 Å². The average Bonchev–Trinajstić information content (AvgIpc) is 2.25. The van der Waals surface area contributed by atoms with E-state index in [1.165, 1.54) is 0 Å². The molecule has 0 fully saturated rings. The van der Waals surface area contributed by atoms with Crippen molar-refractivity contribution < 1.29 is 14.6 Å². The molecule has 0 aliphatic carbocycles. The average molecular weight is 192 g/mol. The van der Waals surface area contributed by atoms with Crippen LogP contribution in [0.25, 0.3) is 6.08 Å². The molecular formula is C11H12O3. The second-order valence-electron chi connectivity index (χ2n) is 2.65. The maximum Gasteiger partial charge on any atom is 0.332 e. The van der Waals surface area contributed by atoms with Gasteiger partial charge in [-0.2, -0.15) is 0 Å². The summed E-state index contributed by atoms with van der Waals surface area (Å²) in [5.41, 5.74) is 1.05. The first kappa shape index (κ1) is 10.5. The molecule has 0 bridgehead atoms. The van der Waals surface area contributed by atoms with Crippen LogP contribution in [0.1, 0.15) is 5.56 Å². The summed E-state index contributed by atoms with van der Waals surface area (Å²) in [4.78, 5) is 10.5. The molecule has 0 spiro atoms. The fraction of sp³-hybridized carbons (Fsp3) is 0.182. The van der Waals surface area contributed by atoms with Gasteiger partial charge in [0.15, 0.2) is 0 Å². The van der Waals surface area contributed by atoms with Crippen molar-refractivity contribution in [1.29, 1.82) is 0 Å². The van der Waals surface area contributed by atoms with E-state index in [0.717, 1.165) is 5.56 Å². The van der Waals surface area contributed by atoms with Crippen LogP contribution in [0.4, 0.5) is 0 Å². The molecule has 1 aromatic carbocycles. The van der Waals surface area contributed by atoms with Crippen LogP contribution in [0, 0.1) is 0 Å². The van der Waals surface area contributed by atoms with Crippen LogP contribution < -0.4 is 0 Å². The minimum Gasteiger partial charge on any atom is -0.460 e. The van der Waals surface area contributed by atoms with E-state index in [0.29, 0.717) is 0 Å². The number of esters is 1. The number of carbonyl (C=O) groups is 1. The molecule has 1 N–H and O–H groups in total.